The van der Waals surface area contributed by atoms with Gasteiger partial charge >= 0.3 is 5.97 Å². The number of aliphatic carboxylic acids is 1. The number of ether oxygens (including phenoxy) is 2. The molecule has 1 unspecified atom stereocenters. The van der Waals surface area contributed by atoms with Gasteiger partial charge < -0.3 is 19.5 Å². The highest BCUT2D eigenvalue weighted by Gasteiger charge is 2.38. The van der Waals surface area contributed by atoms with E-state index in [2.05, 4.69) is 9.88 Å². The SMILES string of the molecule is COc1ccc(CN2CCC(F)(F)C2)c(N2CCC(COc3cc(C(CC(=O)O)C4CC4)ccn3)CC2)c1. The van der Waals surface area contributed by atoms with Gasteiger partial charge in [-0.3, -0.25) is 9.69 Å². The third-order valence-electron chi connectivity index (χ3n) is 8.13. The standard InChI is InChI=1S/C29H37F2N3O4/c1-37-24-5-4-23(17-33-13-9-29(30,31)19-33)26(15-24)34-11-7-20(8-12-34)18-38-27-14-22(6-10-32-27)25(16-28(35)36)21-2-3-21/h4-6,10,14-15,20-21,25H,2-3,7-9,11-13,16-19H2,1H3,(H,35,36). The lowest BCUT2D eigenvalue weighted by molar-refractivity contribution is -0.137. The first-order valence-electron chi connectivity index (χ1n) is 13.6. The fourth-order valence-corrected chi connectivity index (χ4v) is 5.80. The summed E-state index contributed by atoms with van der Waals surface area (Å²) in [4.78, 5) is 19.9. The van der Waals surface area contributed by atoms with Gasteiger partial charge in [0.15, 0.2) is 0 Å². The first kappa shape index (κ1) is 26.7. The van der Waals surface area contributed by atoms with Gasteiger partial charge in [0, 0.05) is 56.6 Å². The van der Waals surface area contributed by atoms with Gasteiger partial charge in [0.1, 0.15) is 5.75 Å². The van der Waals surface area contributed by atoms with E-state index in [1.807, 2.05) is 35.2 Å². The number of alkyl halides is 2. The van der Waals surface area contributed by atoms with Crippen molar-refractivity contribution in [3.63, 3.8) is 0 Å². The summed E-state index contributed by atoms with van der Waals surface area (Å²) < 4.78 is 39.0. The summed E-state index contributed by atoms with van der Waals surface area (Å²) in [6.45, 7) is 2.98. The Morgan fingerprint density at radius 1 is 1.16 bits per heavy atom. The summed E-state index contributed by atoms with van der Waals surface area (Å²) in [7, 11) is 1.64. The van der Waals surface area contributed by atoms with E-state index in [0.717, 1.165) is 61.3 Å². The lowest BCUT2D eigenvalue weighted by atomic mass is 9.92. The van der Waals surface area contributed by atoms with Crippen molar-refractivity contribution in [2.24, 2.45) is 11.8 Å². The molecule has 7 nitrogen and oxygen atoms in total. The van der Waals surface area contributed by atoms with Crippen molar-refractivity contribution in [3.8, 4) is 11.6 Å². The van der Waals surface area contributed by atoms with Crippen LogP contribution < -0.4 is 14.4 Å². The zero-order valence-electron chi connectivity index (χ0n) is 22.0. The minimum atomic E-state index is -2.60. The zero-order valence-corrected chi connectivity index (χ0v) is 22.0. The smallest absolute Gasteiger partial charge is 0.303 e. The maximum Gasteiger partial charge on any atom is 0.303 e. The number of hydrogen-bond donors (Lipinski definition) is 1. The Kier molecular flexibility index (Phi) is 8.02. The zero-order chi connectivity index (χ0) is 26.7. The van der Waals surface area contributed by atoms with Crippen LogP contribution in [0.3, 0.4) is 0 Å². The van der Waals surface area contributed by atoms with Crippen LogP contribution in [0.25, 0.3) is 0 Å². The molecule has 2 aliphatic heterocycles. The largest absolute Gasteiger partial charge is 0.497 e. The molecule has 3 aliphatic rings. The van der Waals surface area contributed by atoms with E-state index in [9.17, 15) is 18.7 Å². The third kappa shape index (κ3) is 6.73. The van der Waals surface area contributed by atoms with Gasteiger partial charge in [-0.25, -0.2) is 13.8 Å². The summed E-state index contributed by atoms with van der Waals surface area (Å²) in [6.07, 6.45) is 5.82. The lowest BCUT2D eigenvalue weighted by Crippen LogP contribution is -2.36. The van der Waals surface area contributed by atoms with Crippen molar-refractivity contribution in [3.05, 3.63) is 47.7 Å². The number of benzene rings is 1. The number of nitrogens with zero attached hydrogens (tertiary/aromatic N) is 3. The van der Waals surface area contributed by atoms with Crippen molar-refractivity contribution in [2.45, 2.75) is 56.9 Å². The van der Waals surface area contributed by atoms with Crippen LogP contribution in [0.4, 0.5) is 14.5 Å². The highest BCUT2D eigenvalue weighted by atomic mass is 19.3. The molecule has 0 spiro atoms. The number of anilines is 1. The number of rotatable bonds is 11. The van der Waals surface area contributed by atoms with Gasteiger partial charge in [0.2, 0.25) is 5.88 Å². The fraction of sp³-hybridized carbons (Fsp3) is 0.586. The Morgan fingerprint density at radius 3 is 2.61 bits per heavy atom. The fourth-order valence-electron chi connectivity index (χ4n) is 5.80. The number of pyridine rings is 1. The molecule has 1 aliphatic carbocycles. The summed E-state index contributed by atoms with van der Waals surface area (Å²) >= 11 is 0. The lowest BCUT2D eigenvalue weighted by Gasteiger charge is -2.35. The molecule has 206 valence electrons. The average molecular weight is 530 g/mol. The predicted molar refractivity (Wildman–Crippen MR) is 140 cm³/mol. The van der Waals surface area contributed by atoms with Gasteiger partial charge in [-0.2, -0.15) is 0 Å². The van der Waals surface area contributed by atoms with E-state index < -0.39 is 11.9 Å². The van der Waals surface area contributed by atoms with Gasteiger partial charge in [-0.15, -0.1) is 0 Å². The number of carboxylic acids is 1. The first-order chi connectivity index (χ1) is 18.3. The average Bonchev–Trinajstić information content (AvgIpc) is 3.69. The number of aromatic nitrogens is 1. The van der Waals surface area contributed by atoms with E-state index in [1.54, 1.807) is 13.3 Å². The normalized spacial score (nSPS) is 20.9. The quantitative estimate of drug-likeness (QED) is 0.429. The highest BCUT2D eigenvalue weighted by Crippen LogP contribution is 2.45. The first-order valence-corrected chi connectivity index (χ1v) is 13.6. The predicted octanol–water partition coefficient (Wildman–Crippen LogP) is 5.19. The van der Waals surface area contributed by atoms with Crippen LogP contribution >= 0.6 is 0 Å². The molecule has 1 saturated carbocycles. The molecule has 38 heavy (non-hydrogen) atoms. The van der Waals surface area contributed by atoms with Crippen LogP contribution in [0, 0.1) is 11.8 Å². The van der Waals surface area contributed by atoms with Gasteiger partial charge in [-0.05, 0) is 66.7 Å². The molecule has 0 radical (unpaired) electrons. The van der Waals surface area contributed by atoms with Crippen molar-refractivity contribution < 1.29 is 28.2 Å². The molecule has 1 aromatic carbocycles. The molecule has 2 aromatic rings. The Hall–Kier alpha value is -2.94. The van der Waals surface area contributed by atoms with E-state index in [-0.39, 0.29) is 25.3 Å². The molecule has 2 saturated heterocycles. The molecule has 9 heteroatoms. The molecule has 3 heterocycles. The van der Waals surface area contributed by atoms with Crippen LogP contribution in [0.5, 0.6) is 11.6 Å². The number of halogens is 2. The number of likely N-dealkylation sites (tertiary alicyclic amines) is 1. The number of piperidine rings is 1. The molecule has 0 amide bonds. The molecular formula is C29H37F2N3O4. The van der Waals surface area contributed by atoms with Crippen molar-refractivity contribution in [1.82, 2.24) is 9.88 Å². The van der Waals surface area contributed by atoms with Crippen molar-refractivity contribution in [2.75, 3.05) is 44.8 Å². The van der Waals surface area contributed by atoms with E-state index in [4.69, 9.17) is 9.47 Å². The molecule has 3 fully saturated rings. The van der Waals surface area contributed by atoms with E-state index in [1.165, 1.54) is 0 Å². The van der Waals surface area contributed by atoms with Gasteiger partial charge in [0.05, 0.1) is 26.7 Å². The highest BCUT2D eigenvalue weighted by molar-refractivity contribution is 5.68. The summed E-state index contributed by atoms with van der Waals surface area (Å²) in [5.41, 5.74) is 3.10. The van der Waals surface area contributed by atoms with E-state index >= 15 is 0 Å². The van der Waals surface area contributed by atoms with Gasteiger partial charge in [-0.1, -0.05) is 6.07 Å². The van der Waals surface area contributed by atoms with Crippen LogP contribution in [0.15, 0.2) is 36.5 Å². The van der Waals surface area contributed by atoms with Crippen LogP contribution in [-0.4, -0.2) is 66.8 Å². The summed E-state index contributed by atoms with van der Waals surface area (Å²) in [6, 6.07) is 9.73. The third-order valence-corrected chi connectivity index (χ3v) is 8.13. The van der Waals surface area contributed by atoms with Gasteiger partial charge in [0.25, 0.3) is 5.92 Å². The Balaban J connectivity index is 1.17. The second-order valence-electron chi connectivity index (χ2n) is 11.0. The molecule has 5 rings (SSSR count). The second-order valence-corrected chi connectivity index (χ2v) is 11.0. The maximum atomic E-state index is 13.7. The van der Waals surface area contributed by atoms with Crippen molar-refractivity contribution in [1.29, 1.82) is 0 Å². The maximum absolute atomic E-state index is 13.7. The van der Waals surface area contributed by atoms with Crippen LogP contribution in [0.1, 0.15) is 55.6 Å². The molecule has 0 bridgehead atoms. The number of hydrogen-bond acceptors (Lipinski definition) is 6. The van der Waals surface area contributed by atoms with Crippen molar-refractivity contribution >= 4 is 11.7 Å². The monoisotopic (exact) mass is 529 g/mol. The number of methoxy groups -OCH3 is 1. The number of carbonyl (C=O) groups is 1. The topological polar surface area (TPSA) is 75.1 Å². The minimum Gasteiger partial charge on any atom is -0.497 e. The Morgan fingerprint density at radius 2 is 1.95 bits per heavy atom. The second kappa shape index (κ2) is 11.4. The summed E-state index contributed by atoms with van der Waals surface area (Å²) in [5, 5.41) is 9.32. The van der Waals surface area contributed by atoms with Crippen LogP contribution in [0.2, 0.25) is 0 Å². The summed E-state index contributed by atoms with van der Waals surface area (Å²) in [5.74, 6) is -1.22. The Bertz CT molecular complexity index is 1120. The minimum absolute atomic E-state index is 0.0185. The molecule has 1 N–H and O–H groups in total. The molecule has 1 aromatic heterocycles. The Labute approximate surface area is 222 Å². The molecule has 1 atom stereocenters. The molecular weight excluding hydrogens is 492 g/mol. The van der Waals surface area contributed by atoms with E-state index in [0.29, 0.717) is 37.4 Å². The van der Waals surface area contributed by atoms with Crippen LogP contribution in [-0.2, 0) is 11.3 Å². The number of carboxylic acid groups (broad SMARTS) is 1.